The van der Waals surface area contributed by atoms with Gasteiger partial charge in [0, 0.05) is 28.1 Å². The van der Waals surface area contributed by atoms with E-state index in [0.717, 1.165) is 40.0 Å². The SMILES string of the molecule is COCc1nnc2n1Cc1c(C3=N[C@@H](C4(C)C=CC(Cl)=CC4)CO3)ncn1-c1ccc(Cl)cc1-2. The van der Waals surface area contributed by atoms with Crippen LogP contribution in [-0.2, 0) is 22.6 Å². The monoisotopic (exact) mass is 496 g/mol. The Morgan fingerprint density at radius 2 is 2.15 bits per heavy atom. The van der Waals surface area contributed by atoms with E-state index in [1.54, 1.807) is 13.4 Å². The summed E-state index contributed by atoms with van der Waals surface area (Å²) in [6.45, 7) is 3.50. The maximum Gasteiger partial charge on any atom is 0.237 e. The molecule has 34 heavy (non-hydrogen) atoms. The smallest absolute Gasteiger partial charge is 0.237 e. The largest absolute Gasteiger partial charge is 0.474 e. The molecule has 0 saturated carbocycles. The summed E-state index contributed by atoms with van der Waals surface area (Å²) in [4.78, 5) is 9.70. The van der Waals surface area contributed by atoms with Gasteiger partial charge in [-0.25, -0.2) is 9.98 Å². The number of hydrogen-bond donors (Lipinski definition) is 0. The predicted octanol–water partition coefficient (Wildman–Crippen LogP) is 4.53. The number of methoxy groups -OCH3 is 1. The quantitative estimate of drug-likeness (QED) is 0.414. The molecule has 0 spiro atoms. The van der Waals surface area contributed by atoms with E-state index in [2.05, 4.69) is 27.8 Å². The predicted molar refractivity (Wildman–Crippen MR) is 129 cm³/mol. The molecule has 174 valence electrons. The summed E-state index contributed by atoms with van der Waals surface area (Å²) < 4.78 is 15.6. The van der Waals surface area contributed by atoms with Gasteiger partial charge in [-0.2, -0.15) is 0 Å². The Morgan fingerprint density at radius 1 is 1.26 bits per heavy atom. The van der Waals surface area contributed by atoms with Crippen LogP contribution in [-0.4, -0.2) is 50.0 Å². The van der Waals surface area contributed by atoms with Gasteiger partial charge in [0.15, 0.2) is 11.6 Å². The van der Waals surface area contributed by atoms with Crippen LogP contribution in [0.5, 0.6) is 0 Å². The van der Waals surface area contributed by atoms with E-state index in [0.29, 0.717) is 36.4 Å². The van der Waals surface area contributed by atoms with Crippen LogP contribution < -0.4 is 0 Å². The molecule has 8 nitrogen and oxygen atoms in total. The van der Waals surface area contributed by atoms with Crippen LogP contribution in [0.2, 0.25) is 5.02 Å². The molecule has 2 atom stereocenters. The van der Waals surface area contributed by atoms with Crippen molar-refractivity contribution < 1.29 is 9.47 Å². The third-order valence-electron chi connectivity index (χ3n) is 6.71. The van der Waals surface area contributed by atoms with Gasteiger partial charge < -0.3 is 14.0 Å². The van der Waals surface area contributed by atoms with Crippen molar-refractivity contribution in [1.29, 1.82) is 0 Å². The van der Waals surface area contributed by atoms with Crippen molar-refractivity contribution in [3.05, 3.63) is 70.0 Å². The highest BCUT2D eigenvalue weighted by atomic mass is 35.5. The van der Waals surface area contributed by atoms with Gasteiger partial charge in [0.25, 0.3) is 0 Å². The van der Waals surface area contributed by atoms with Gasteiger partial charge in [-0.05, 0) is 30.7 Å². The van der Waals surface area contributed by atoms with Crippen LogP contribution in [0.3, 0.4) is 0 Å². The molecule has 4 heterocycles. The fourth-order valence-electron chi connectivity index (χ4n) is 4.71. The molecule has 6 rings (SSSR count). The van der Waals surface area contributed by atoms with Crippen LogP contribution >= 0.6 is 23.2 Å². The zero-order valence-electron chi connectivity index (χ0n) is 18.7. The fraction of sp³-hybridized carbons (Fsp3) is 0.333. The summed E-state index contributed by atoms with van der Waals surface area (Å²) in [7, 11) is 1.64. The Kier molecular flexibility index (Phi) is 5.13. The molecule has 1 aliphatic carbocycles. The van der Waals surface area contributed by atoms with Crippen LogP contribution in [0, 0.1) is 5.41 Å². The number of nitrogens with zero attached hydrogens (tertiary/aromatic N) is 6. The Bertz CT molecular complexity index is 1390. The minimum atomic E-state index is -0.159. The van der Waals surface area contributed by atoms with Crippen molar-refractivity contribution in [1.82, 2.24) is 24.3 Å². The highest BCUT2D eigenvalue weighted by molar-refractivity contribution is 6.31. The lowest BCUT2D eigenvalue weighted by molar-refractivity contribution is 0.174. The van der Waals surface area contributed by atoms with E-state index in [1.807, 2.05) is 34.9 Å². The molecule has 0 amide bonds. The lowest BCUT2D eigenvalue weighted by atomic mass is 9.77. The van der Waals surface area contributed by atoms with E-state index in [-0.39, 0.29) is 11.5 Å². The Hall–Kier alpha value is -2.94. The van der Waals surface area contributed by atoms with Gasteiger partial charge in [0.05, 0.1) is 24.0 Å². The topological polar surface area (TPSA) is 79.3 Å². The number of aromatic nitrogens is 5. The number of fused-ring (bicyclic) bond motifs is 5. The van der Waals surface area contributed by atoms with Gasteiger partial charge in [-0.3, -0.25) is 4.57 Å². The highest BCUT2D eigenvalue weighted by Gasteiger charge is 2.38. The third kappa shape index (κ3) is 3.40. The number of allylic oxidation sites excluding steroid dienone is 3. The second-order valence-corrected chi connectivity index (χ2v) is 9.80. The summed E-state index contributed by atoms with van der Waals surface area (Å²) in [6.07, 6.45) is 8.72. The molecular formula is C24H22Cl2N6O2. The first-order chi connectivity index (χ1) is 16.5. The first-order valence-electron chi connectivity index (χ1n) is 11.0. The number of imidazole rings is 1. The first-order valence-corrected chi connectivity index (χ1v) is 11.8. The van der Waals surface area contributed by atoms with E-state index >= 15 is 0 Å². The Morgan fingerprint density at radius 3 is 2.94 bits per heavy atom. The number of ether oxygens (including phenoxy) is 2. The Labute approximate surface area is 206 Å². The molecule has 3 aliphatic rings. The molecule has 0 fully saturated rings. The molecule has 0 bridgehead atoms. The third-order valence-corrected chi connectivity index (χ3v) is 7.22. The average molecular weight is 497 g/mol. The zero-order chi connectivity index (χ0) is 23.4. The van der Waals surface area contributed by atoms with Crippen molar-refractivity contribution in [3.8, 4) is 17.1 Å². The standard InChI is InChI=1S/C24H22Cl2N6O2/c1-24(7-5-14(25)6-8-24)19-11-34-23(28-19)21-18-10-31-20(12-33-2)29-30-22(31)16-9-15(26)3-4-17(16)32(18)13-27-21/h3-7,9,13,19H,8,10-12H2,1-2H3/t19-,24?/m1/s1. The van der Waals surface area contributed by atoms with Crippen LogP contribution in [0.4, 0.5) is 0 Å². The van der Waals surface area contributed by atoms with Gasteiger partial charge in [0.2, 0.25) is 5.90 Å². The number of halogens is 2. The van der Waals surface area contributed by atoms with Gasteiger partial charge >= 0.3 is 0 Å². The fourth-order valence-corrected chi connectivity index (χ4v) is 5.02. The van der Waals surface area contributed by atoms with Gasteiger partial charge in [-0.15, -0.1) is 10.2 Å². The van der Waals surface area contributed by atoms with Gasteiger partial charge in [0.1, 0.15) is 25.2 Å². The summed E-state index contributed by atoms with van der Waals surface area (Å²) >= 11 is 12.5. The number of aliphatic imine (C=N–C) groups is 1. The van der Waals surface area contributed by atoms with E-state index in [1.165, 1.54) is 0 Å². The normalized spacial score (nSPS) is 22.9. The molecule has 3 aromatic rings. The second kappa shape index (κ2) is 8.08. The average Bonchev–Trinajstić information content (AvgIpc) is 3.55. The summed E-state index contributed by atoms with van der Waals surface area (Å²) in [5.41, 5.74) is 3.29. The first kappa shape index (κ1) is 21.6. The maximum atomic E-state index is 6.35. The van der Waals surface area contributed by atoms with Crippen molar-refractivity contribution in [2.45, 2.75) is 32.5 Å². The molecule has 2 aliphatic heterocycles. The number of rotatable bonds is 4. The van der Waals surface area contributed by atoms with E-state index in [4.69, 9.17) is 42.7 Å². The van der Waals surface area contributed by atoms with Crippen molar-refractivity contribution in [2.75, 3.05) is 13.7 Å². The zero-order valence-corrected chi connectivity index (χ0v) is 20.2. The molecule has 2 aromatic heterocycles. The van der Waals surface area contributed by atoms with Crippen LogP contribution in [0.1, 0.15) is 30.6 Å². The lowest BCUT2D eigenvalue weighted by Crippen LogP contribution is -2.30. The van der Waals surface area contributed by atoms with Crippen molar-refractivity contribution in [2.24, 2.45) is 10.4 Å². The number of hydrogen-bond acceptors (Lipinski definition) is 6. The summed E-state index contributed by atoms with van der Waals surface area (Å²) in [6, 6.07) is 5.71. The Balaban J connectivity index is 1.45. The minimum Gasteiger partial charge on any atom is -0.474 e. The summed E-state index contributed by atoms with van der Waals surface area (Å²) in [5, 5.41) is 10.2. The molecule has 1 aromatic carbocycles. The van der Waals surface area contributed by atoms with Crippen molar-refractivity contribution in [3.63, 3.8) is 0 Å². The number of benzene rings is 1. The molecule has 1 unspecified atom stereocenters. The highest BCUT2D eigenvalue weighted by Crippen LogP contribution is 2.39. The van der Waals surface area contributed by atoms with Gasteiger partial charge in [-0.1, -0.05) is 42.3 Å². The van der Waals surface area contributed by atoms with E-state index in [9.17, 15) is 0 Å². The minimum absolute atomic E-state index is 0.0245. The van der Waals surface area contributed by atoms with Crippen LogP contribution in [0.25, 0.3) is 17.1 Å². The second-order valence-electron chi connectivity index (χ2n) is 8.92. The molecular weight excluding hydrogens is 475 g/mol. The summed E-state index contributed by atoms with van der Waals surface area (Å²) in [5.74, 6) is 2.00. The van der Waals surface area contributed by atoms with E-state index < -0.39 is 0 Å². The van der Waals surface area contributed by atoms with Crippen LogP contribution in [0.15, 0.2) is 52.8 Å². The van der Waals surface area contributed by atoms with Crippen molar-refractivity contribution >= 4 is 29.1 Å². The maximum absolute atomic E-state index is 6.35. The molecule has 10 heteroatoms. The molecule has 0 N–H and O–H groups in total. The lowest BCUT2D eigenvalue weighted by Gasteiger charge is -2.30. The molecule has 0 radical (unpaired) electrons. The molecule has 0 saturated heterocycles.